The number of likely N-dealkylation sites (N-methyl/N-ethyl adjacent to an activating group) is 1. The summed E-state index contributed by atoms with van der Waals surface area (Å²) in [6.45, 7) is 2.88. The van der Waals surface area contributed by atoms with E-state index in [4.69, 9.17) is 0 Å². The van der Waals surface area contributed by atoms with Crippen molar-refractivity contribution in [2.24, 2.45) is 16.5 Å². The summed E-state index contributed by atoms with van der Waals surface area (Å²) >= 11 is 4.07. The molecular formula is C19H37BN5O3PS. The molecule has 0 aromatic carbocycles. The fourth-order valence-corrected chi connectivity index (χ4v) is 3.89. The maximum atomic E-state index is 12.6. The van der Waals surface area contributed by atoms with Crippen molar-refractivity contribution in [1.82, 2.24) is 20.8 Å². The van der Waals surface area contributed by atoms with Gasteiger partial charge in [0, 0.05) is 18.7 Å². The van der Waals surface area contributed by atoms with Gasteiger partial charge in [0.2, 0.25) is 5.91 Å². The predicted molar refractivity (Wildman–Crippen MR) is 127 cm³/mol. The molecule has 1 aliphatic carbocycles. The van der Waals surface area contributed by atoms with Crippen molar-refractivity contribution in [1.29, 1.82) is 0 Å². The molecule has 0 aromatic rings. The number of carbonyl (C=O) groups is 3. The van der Waals surface area contributed by atoms with Crippen LogP contribution in [0.5, 0.6) is 0 Å². The van der Waals surface area contributed by atoms with Gasteiger partial charge in [0.15, 0.2) is 0 Å². The average molecular weight is 457 g/mol. The van der Waals surface area contributed by atoms with Crippen molar-refractivity contribution in [3.63, 3.8) is 0 Å². The van der Waals surface area contributed by atoms with Crippen LogP contribution in [0.4, 0.5) is 0 Å². The van der Waals surface area contributed by atoms with Crippen LogP contribution in [0, 0.1) is 11.8 Å². The average Bonchev–Trinajstić information content (AvgIpc) is 2.75. The van der Waals surface area contributed by atoms with E-state index in [-0.39, 0.29) is 29.6 Å². The molecule has 3 amide bonds. The van der Waals surface area contributed by atoms with Crippen LogP contribution >= 0.6 is 22.0 Å². The number of thiol groups is 1. The fraction of sp³-hybridized carbons (Fsp3) is 0.842. The zero-order chi connectivity index (χ0) is 22.2. The Hall–Kier alpha value is -0.985. The van der Waals surface area contributed by atoms with Gasteiger partial charge >= 0.3 is 135 Å². The van der Waals surface area contributed by atoms with Crippen molar-refractivity contribution >= 4 is 46.9 Å². The quantitative estimate of drug-likeness (QED) is 0.136. The van der Waals surface area contributed by atoms with Gasteiger partial charge in [0.05, 0.1) is 0 Å². The standard InChI is InChI=1S/C19H37BN5O3PS/c1-25(12-6-2-3-9-17(26)21-11-14-30)13-10-22-18(27)15-7-4-5-8-16(15)19(28)23-20-24-29/h15-16,30H,2-14,29H2,1H3,(H,21,26)(H,22,27)(H,23,28)/t15-,16+/m0/s1. The normalized spacial score (nSPS) is 18.8. The van der Waals surface area contributed by atoms with Crippen LogP contribution in [0.1, 0.15) is 51.4 Å². The van der Waals surface area contributed by atoms with Gasteiger partial charge in [-0.1, -0.05) is 0 Å². The van der Waals surface area contributed by atoms with Gasteiger partial charge < -0.3 is 5.32 Å². The topological polar surface area (TPSA) is 103 Å². The number of hydrogen-bond donors (Lipinski definition) is 4. The van der Waals surface area contributed by atoms with Crippen molar-refractivity contribution < 1.29 is 14.4 Å². The Balaban J connectivity index is 2.21. The molecule has 1 aliphatic rings. The first-order chi connectivity index (χ1) is 14.5. The Bertz CT molecular complexity index is 570. The molecule has 0 saturated heterocycles. The van der Waals surface area contributed by atoms with Crippen molar-refractivity contribution in [2.45, 2.75) is 51.4 Å². The molecule has 8 nitrogen and oxygen atoms in total. The van der Waals surface area contributed by atoms with Crippen LogP contribution in [-0.4, -0.2) is 68.8 Å². The van der Waals surface area contributed by atoms with Crippen LogP contribution in [0.3, 0.4) is 0 Å². The molecular weight excluding hydrogens is 420 g/mol. The van der Waals surface area contributed by atoms with Crippen LogP contribution in [0.25, 0.3) is 0 Å². The first-order valence-corrected chi connectivity index (χ1v) is 12.0. The van der Waals surface area contributed by atoms with Crippen LogP contribution in [0.15, 0.2) is 4.67 Å². The number of amides is 3. The second-order valence-corrected chi connectivity index (χ2v) is 8.51. The molecule has 1 fully saturated rings. The second kappa shape index (κ2) is 16.7. The third-order valence-corrected chi connectivity index (χ3v) is 5.76. The van der Waals surface area contributed by atoms with Gasteiger partial charge in [-0.2, -0.15) is 12.6 Å². The molecule has 170 valence electrons. The van der Waals surface area contributed by atoms with Crippen molar-refractivity contribution in [3.8, 4) is 0 Å². The number of carbonyl (C=O) groups excluding carboxylic acids is 3. The van der Waals surface area contributed by atoms with E-state index in [9.17, 15) is 14.4 Å². The molecule has 11 heteroatoms. The van der Waals surface area contributed by atoms with Gasteiger partial charge in [-0.15, -0.1) is 0 Å². The van der Waals surface area contributed by atoms with Crippen LogP contribution < -0.4 is 15.9 Å². The third kappa shape index (κ3) is 11.4. The molecule has 3 N–H and O–H groups in total. The Morgan fingerprint density at radius 3 is 2.40 bits per heavy atom. The summed E-state index contributed by atoms with van der Waals surface area (Å²) in [5.74, 6) is 0.0424. The molecule has 0 heterocycles. The van der Waals surface area contributed by atoms with Crippen LogP contribution in [-0.2, 0) is 14.4 Å². The minimum atomic E-state index is -0.288. The predicted octanol–water partition coefficient (Wildman–Crippen LogP) is 1.16. The van der Waals surface area contributed by atoms with Gasteiger partial charge in [0.25, 0.3) is 0 Å². The van der Waals surface area contributed by atoms with E-state index in [2.05, 4.69) is 47.4 Å². The van der Waals surface area contributed by atoms with E-state index in [0.717, 1.165) is 58.0 Å². The van der Waals surface area contributed by atoms with E-state index < -0.39 is 0 Å². The first kappa shape index (κ1) is 27.0. The molecule has 1 saturated carbocycles. The SMILES string of the molecule is CN(CCCCCC(=O)NCCS)CCNC(=O)[C@H]1CCCC[C@H]1C(=O)NB=NP. The summed E-state index contributed by atoms with van der Waals surface area (Å²) in [4.78, 5) is 38.6. The fourth-order valence-electron chi connectivity index (χ4n) is 3.71. The summed E-state index contributed by atoms with van der Waals surface area (Å²) in [7, 11) is 5.55. The molecule has 3 atom stereocenters. The van der Waals surface area contributed by atoms with Gasteiger partial charge in [-0.05, 0) is 6.42 Å². The summed E-state index contributed by atoms with van der Waals surface area (Å²) in [5, 5.41) is 8.47. The van der Waals surface area contributed by atoms with Crippen molar-refractivity contribution in [3.05, 3.63) is 0 Å². The summed E-state index contributed by atoms with van der Waals surface area (Å²) in [6.07, 6.45) is 6.91. The molecule has 0 aliphatic heterocycles. The number of nitrogens with zero attached hydrogens (tertiary/aromatic N) is 2. The summed E-state index contributed by atoms with van der Waals surface area (Å²) in [6, 6.07) is 0. The van der Waals surface area contributed by atoms with E-state index in [1.54, 1.807) is 0 Å². The molecule has 0 spiro atoms. The molecule has 0 aromatic heterocycles. The van der Waals surface area contributed by atoms with E-state index in [1.165, 1.54) is 7.21 Å². The van der Waals surface area contributed by atoms with E-state index in [0.29, 0.717) is 25.3 Å². The van der Waals surface area contributed by atoms with E-state index >= 15 is 0 Å². The molecule has 0 radical (unpaired) electrons. The van der Waals surface area contributed by atoms with Gasteiger partial charge in [-0.25, -0.2) is 0 Å². The number of rotatable bonds is 14. The van der Waals surface area contributed by atoms with Gasteiger partial charge in [0.1, 0.15) is 0 Å². The van der Waals surface area contributed by atoms with Gasteiger partial charge in [-0.3, -0.25) is 4.79 Å². The number of hydrogen-bond acceptors (Lipinski definition) is 6. The Kier molecular flexibility index (Phi) is 15.0. The molecule has 30 heavy (non-hydrogen) atoms. The molecule has 0 bridgehead atoms. The maximum absolute atomic E-state index is 12.6. The van der Waals surface area contributed by atoms with E-state index in [1.807, 2.05) is 7.05 Å². The Labute approximate surface area is 189 Å². The van der Waals surface area contributed by atoms with Crippen LogP contribution in [0.2, 0.25) is 0 Å². The molecule has 1 unspecified atom stereocenters. The molecule has 1 rings (SSSR count). The first-order valence-electron chi connectivity index (χ1n) is 10.9. The number of unbranched alkanes of at least 4 members (excludes halogenated alkanes) is 2. The zero-order valence-corrected chi connectivity index (χ0v) is 20.1. The summed E-state index contributed by atoms with van der Waals surface area (Å²) in [5.41, 5.74) is 0. The monoisotopic (exact) mass is 457 g/mol. The third-order valence-electron chi connectivity index (χ3n) is 5.39. The zero-order valence-electron chi connectivity index (χ0n) is 18.1. The summed E-state index contributed by atoms with van der Waals surface area (Å²) < 4.78 is 3.70. The minimum absolute atomic E-state index is 0.0294. The Morgan fingerprint density at radius 1 is 1.03 bits per heavy atom. The number of nitrogens with one attached hydrogen (secondary N) is 3. The second-order valence-electron chi connectivity index (χ2n) is 7.76. The Morgan fingerprint density at radius 2 is 1.73 bits per heavy atom. The van der Waals surface area contributed by atoms with Crippen molar-refractivity contribution in [2.75, 3.05) is 39.0 Å².